The second-order valence-electron chi connectivity index (χ2n) is 7.64. The predicted octanol–water partition coefficient (Wildman–Crippen LogP) is 3.94. The minimum atomic E-state index is 0.160. The molecule has 0 radical (unpaired) electrons. The number of nitrogens with one attached hydrogen (secondary N) is 1. The number of nitrogens with zero attached hydrogens (tertiary/aromatic N) is 1. The van der Waals surface area contributed by atoms with E-state index in [9.17, 15) is 4.79 Å². The average molecular weight is 329 g/mol. The van der Waals surface area contributed by atoms with Crippen LogP contribution in [0.2, 0.25) is 0 Å². The molecule has 132 valence electrons. The third-order valence-corrected chi connectivity index (χ3v) is 5.91. The molecule has 3 rings (SSSR count). The third-order valence-electron chi connectivity index (χ3n) is 5.91. The van der Waals surface area contributed by atoms with Crippen molar-refractivity contribution < 1.29 is 4.79 Å². The number of benzene rings is 1. The van der Waals surface area contributed by atoms with Gasteiger partial charge in [0, 0.05) is 17.6 Å². The highest BCUT2D eigenvalue weighted by atomic mass is 16.2. The molecule has 3 heteroatoms. The van der Waals surface area contributed by atoms with Gasteiger partial charge in [0.1, 0.15) is 0 Å². The fourth-order valence-corrected chi connectivity index (χ4v) is 4.40. The van der Waals surface area contributed by atoms with Crippen LogP contribution in [0.5, 0.6) is 0 Å². The van der Waals surface area contributed by atoms with Gasteiger partial charge in [-0.1, -0.05) is 26.0 Å². The monoisotopic (exact) mass is 328 g/mol. The lowest BCUT2D eigenvalue weighted by molar-refractivity contribution is -0.122. The SMILES string of the molecule is CCC(CC)C(=O)N1c2ccc(CC3CCNCC3)cc2CC1C. The number of amides is 1. The largest absolute Gasteiger partial charge is 0.317 e. The van der Waals surface area contributed by atoms with Crippen LogP contribution >= 0.6 is 0 Å². The van der Waals surface area contributed by atoms with Crippen LogP contribution < -0.4 is 10.2 Å². The Kier molecular flexibility index (Phi) is 5.60. The quantitative estimate of drug-likeness (QED) is 0.888. The molecule has 0 spiro atoms. The van der Waals surface area contributed by atoms with Crippen LogP contribution in [-0.2, 0) is 17.6 Å². The Morgan fingerprint density at radius 1 is 1.25 bits per heavy atom. The molecule has 1 aromatic rings. The van der Waals surface area contributed by atoms with Gasteiger partial charge in [0.2, 0.25) is 5.91 Å². The topological polar surface area (TPSA) is 32.3 Å². The van der Waals surface area contributed by atoms with Crippen molar-refractivity contribution in [1.29, 1.82) is 0 Å². The van der Waals surface area contributed by atoms with Crippen LogP contribution in [0.15, 0.2) is 18.2 Å². The highest BCUT2D eigenvalue weighted by Crippen LogP contribution is 2.35. The normalized spacial score (nSPS) is 21.3. The van der Waals surface area contributed by atoms with Gasteiger partial charge in [-0.15, -0.1) is 0 Å². The van der Waals surface area contributed by atoms with Crippen molar-refractivity contribution in [2.75, 3.05) is 18.0 Å². The van der Waals surface area contributed by atoms with E-state index in [0.29, 0.717) is 11.9 Å². The molecule has 2 aliphatic heterocycles. The zero-order valence-corrected chi connectivity index (χ0v) is 15.5. The Hall–Kier alpha value is -1.35. The second-order valence-corrected chi connectivity index (χ2v) is 7.64. The Morgan fingerprint density at radius 2 is 1.96 bits per heavy atom. The zero-order chi connectivity index (χ0) is 17.1. The number of hydrogen-bond acceptors (Lipinski definition) is 2. The molecule has 1 saturated heterocycles. The van der Waals surface area contributed by atoms with E-state index in [1.807, 2.05) is 0 Å². The third kappa shape index (κ3) is 3.51. The molecule has 0 saturated carbocycles. The summed E-state index contributed by atoms with van der Waals surface area (Å²) >= 11 is 0. The van der Waals surface area contributed by atoms with Crippen LogP contribution in [0.25, 0.3) is 0 Å². The standard InChI is InChI=1S/C21H32N2O/c1-4-18(5-2)21(24)23-15(3)12-19-14-17(6-7-20(19)23)13-16-8-10-22-11-9-16/h6-7,14-16,18,22H,4-5,8-13H2,1-3H3. The predicted molar refractivity (Wildman–Crippen MR) is 100 cm³/mol. The number of anilines is 1. The van der Waals surface area contributed by atoms with Gasteiger partial charge in [-0.3, -0.25) is 4.79 Å². The van der Waals surface area contributed by atoms with E-state index in [1.165, 1.54) is 30.4 Å². The fourth-order valence-electron chi connectivity index (χ4n) is 4.40. The first kappa shape index (κ1) is 17.5. The van der Waals surface area contributed by atoms with Crippen LogP contribution in [-0.4, -0.2) is 25.0 Å². The minimum absolute atomic E-state index is 0.160. The van der Waals surface area contributed by atoms with E-state index >= 15 is 0 Å². The molecule has 1 aromatic carbocycles. The lowest BCUT2D eigenvalue weighted by Crippen LogP contribution is -2.39. The van der Waals surface area contributed by atoms with Crippen LogP contribution in [0, 0.1) is 11.8 Å². The van der Waals surface area contributed by atoms with Gasteiger partial charge in [0.05, 0.1) is 0 Å². The van der Waals surface area contributed by atoms with E-state index in [2.05, 4.69) is 49.2 Å². The van der Waals surface area contributed by atoms with E-state index < -0.39 is 0 Å². The lowest BCUT2D eigenvalue weighted by Gasteiger charge is -2.27. The molecular weight excluding hydrogens is 296 g/mol. The van der Waals surface area contributed by atoms with Crippen LogP contribution in [0.4, 0.5) is 5.69 Å². The molecule has 0 aromatic heterocycles. The summed E-state index contributed by atoms with van der Waals surface area (Å²) < 4.78 is 0. The summed E-state index contributed by atoms with van der Waals surface area (Å²) in [6.07, 6.45) is 6.62. The van der Waals surface area contributed by atoms with Gasteiger partial charge in [0.25, 0.3) is 0 Å². The smallest absolute Gasteiger partial charge is 0.230 e. The summed E-state index contributed by atoms with van der Waals surface area (Å²) in [5, 5.41) is 3.44. The second kappa shape index (κ2) is 7.69. The van der Waals surface area contributed by atoms with E-state index in [4.69, 9.17) is 0 Å². The number of hydrogen-bond donors (Lipinski definition) is 1. The number of piperidine rings is 1. The van der Waals surface area contributed by atoms with Gasteiger partial charge in [-0.25, -0.2) is 0 Å². The van der Waals surface area contributed by atoms with Gasteiger partial charge < -0.3 is 10.2 Å². The first-order valence-electron chi connectivity index (χ1n) is 9.79. The first-order chi connectivity index (χ1) is 11.6. The maximum Gasteiger partial charge on any atom is 0.230 e. The molecule has 0 aliphatic carbocycles. The molecule has 2 heterocycles. The molecule has 2 aliphatic rings. The summed E-state index contributed by atoms with van der Waals surface area (Å²) in [7, 11) is 0. The Morgan fingerprint density at radius 3 is 2.62 bits per heavy atom. The minimum Gasteiger partial charge on any atom is -0.317 e. The zero-order valence-electron chi connectivity index (χ0n) is 15.5. The highest BCUT2D eigenvalue weighted by Gasteiger charge is 2.33. The van der Waals surface area contributed by atoms with Crippen LogP contribution in [0.3, 0.4) is 0 Å². The summed E-state index contributed by atoms with van der Waals surface area (Å²) in [6, 6.07) is 7.12. The van der Waals surface area contributed by atoms with E-state index in [1.54, 1.807) is 0 Å². The Labute approximate surface area is 146 Å². The number of fused-ring (bicyclic) bond motifs is 1. The van der Waals surface area contributed by atoms with Crippen molar-refractivity contribution in [3.05, 3.63) is 29.3 Å². The van der Waals surface area contributed by atoms with Gasteiger partial charge in [-0.2, -0.15) is 0 Å². The lowest BCUT2D eigenvalue weighted by atomic mass is 9.90. The van der Waals surface area contributed by atoms with Crippen molar-refractivity contribution >= 4 is 11.6 Å². The maximum atomic E-state index is 12.9. The molecule has 24 heavy (non-hydrogen) atoms. The van der Waals surface area contributed by atoms with E-state index in [0.717, 1.165) is 44.0 Å². The van der Waals surface area contributed by atoms with Gasteiger partial charge in [0.15, 0.2) is 0 Å². The molecule has 0 bridgehead atoms. The molecule has 3 nitrogen and oxygen atoms in total. The molecular formula is C21H32N2O. The highest BCUT2D eigenvalue weighted by molar-refractivity contribution is 5.97. The Bertz CT molecular complexity index is 573. The Balaban J connectivity index is 1.76. The van der Waals surface area contributed by atoms with Crippen molar-refractivity contribution in [3.8, 4) is 0 Å². The summed E-state index contributed by atoms with van der Waals surface area (Å²) in [6.45, 7) is 8.74. The molecule has 1 N–H and O–H groups in total. The van der Waals surface area contributed by atoms with E-state index in [-0.39, 0.29) is 5.92 Å². The average Bonchev–Trinajstić information content (AvgIpc) is 2.91. The number of rotatable bonds is 5. The van der Waals surface area contributed by atoms with Gasteiger partial charge >= 0.3 is 0 Å². The summed E-state index contributed by atoms with van der Waals surface area (Å²) in [5.41, 5.74) is 3.98. The molecule has 1 unspecified atom stereocenters. The van der Waals surface area contributed by atoms with Crippen molar-refractivity contribution in [1.82, 2.24) is 5.32 Å². The molecule has 1 atom stereocenters. The number of carbonyl (C=O) groups excluding carboxylic acids is 1. The van der Waals surface area contributed by atoms with Crippen molar-refractivity contribution in [2.45, 2.75) is 65.3 Å². The molecule has 1 amide bonds. The fraction of sp³-hybridized carbons (Fsp3) is 0.667. The summed E-state index contributed by atoms with van der Waals surface area (Å²) in [4.78, 5) is 15.0. The van der Waals surface area contributed by atoms with Crippen molar-refractivity contribution in [2.24, 2.45) is 11.8 Å². The number of carbonyl (C=O) groups is 1. The van der Waals surface area contributed by atoms with Crippen LogP contribution in [0.1, 0.15) is 57.6 Å². The summed E-state index contributed by atoms with van der Waals surface area (Å²) in [5.74, 6) is 1.29. The van der Waals surface area contributed by atoms with Crippen molar-refractivity contribution in [3.63, 3.8) is 0 Å². The maximum absolute atomic E-state index is 12.9. The molecule has 1 fully saturated rings. The van der Waals surface area contributed by atoms with Gasteiger partial charge in [-0.05, 0) is 81.6 Å². The first-order valence-corrected chi connectivity index (χ1v) is 9.79.